The number of hydrogen-bond acceptors (Lipinski definition) is 5. The van der Waals surface area contributed by atoms with Crippen LogP contribution in [0.1, 0.15) is 19.8 Å². The summed E-state index contributed by atoms with van der Waals surface area (Å²) in [5, 5.41) is 2.70. The molecule has 2 amide bonds. The number of thiocarbonyl (C=S) groups is 1. The number of ether oxygens (including phenoxy) is 1. The van der Waals surface area contributed by atoms with E-state index in [1.54, 1.807) is 24.1 Å². The van der Waals surface area contributed by atoms with Gasteiger partial charge < -0.3 is 10.1 Å². The van der Waals surface area contributed by atoms with Crippen LogP contribution in [0.5, 0.6) is 5.75 Å². The van der Waals surface area contributed by atoms with Crippen LogP contribution in [0.2, 0.25) is 0 Å². The third-order valence-corrected chi connectivity index (χ3v) is 4.74. The number of rotatable bonds is 6. The van der Waals surface area contributed by atoms with E-state index in [0.29, 0.717) is 35.1 Å². The lowest BCUT2D eigenvalue weighted by Gasteiger charge is -2.14. The van der Waals surface area contributed by atoms with Crippen LogP contribution in [0.25, 0.3) is 0 Å². The topological polar surface area (TPSA) is 58.6 Å². The molecule has 1 heterocycles. The van der Waals surface area contributed by atoms with Gasteiger partial charge in [-0.1, -0.05) is 30.0 Å². The van der Waals surface area contributed by atoms with E-state index in [9.17, 15) is 9.59 Å². The maximum Gasteiger partial charge on any atom is 0.241 e. The summed E-state index contributed by atoms with van der Waals surface area (Å²) in [4.78, 5) is 25.4. The van der Waals surface area contributed by atoms with Crippen molar-refractivity contribution in [2.24, 2.45) is 0 Å². The zero-order valence-corrected chi connectivity index (χ0v) is 14.1. The van der Waals surface area contributed by atoms with Gasteiger partial charge in [-0.25, -0.2) is 0 Å². The van der Waals surface area contributed by atoms with E-state index in [1.807, 2.05) is 19.1 Å². The molecule has 0 bridgehead atoms. The van der Waals surface area contributed by atoms with E-state index < -0.39 is 0 Å². The molecule has 0 aromatic heterocycles. The Morgan fingerprint density at radius 3 is 2.91 bits per heavy atom. The molecular formula is C15H18N2O3S2. The minimum atomic E-state index is -0.113. The normalized spacial score (nSPS) is 17.7. The first-order valence-corrected chi connectivity index (χ1v) is 8.26. The number of benzene rings is 1. The number of methoxy groups -OCH3 is 1. The monoisotopic (exact) mass is 338 g/mol. The van der Waals surface area contributed by atoms with Gasteiger partial charge in [0.15, 0.2) is 0 Å². The predicted octanol–water partition coefficient (Wildman–Crippen LogP) is 2.66. The molecule has 0 spiro atoms. The molecule has 1 aliphatic heterocycles. The first-order chi connectivity index (χ1) is 10.5. The van der Waals surface area contributed by atoms with E-state index in [-0.39, 0.29) is 17.1 Å². The molecule has 1 saturated heterocycles. The molecule has 0 radical (unpaired) electrons. The Morgan fingerprint density at radius 1 is 1.50 bits per heavy atom. The van der Waals surface area contributed by atoms with E-state index in [1.165, 1.54) is 11.8 Å². The molecule has 22 heavy (non-hydrogen) atoms. The number of amides is 2. The van der Waals surface area contributed by atoms with Gasteiger partial charge >= 0.3 is 0 Å². The average molecular weight is 338 g/mol. The summed E-state index contributed by atoms with van der Waals surface area (Å²) in [6, 6.07) is 7.19. The highest BCUT2D eigenvalue weighted by Gasteiger charge is 2.33. The van der Waals surface area contributed by atoms with Gasteiger partial charge in [-0.05, 0) is 25.5 Å². The van der Waals surface area contributed by atoms with Gasteiger partial charge in [-0.3, -0.25) is 14.5 Å². The number of hydrogen-bond donors (Lipinski definition) is 1. The third-order valence-electron chi connectivity index (χ3n) is 3.25. The fourth-order valence-corrected chi connectivity index (χ4v) is 3.55. The molecule has 1 fully saturated rings. The standard InChI is InChI=1S/C15H18N2O3S2/c1-10-14(19)17(15(21)22-10)8-4-7-13(18)16-11-5-3-6-12(9-11)20-2/h3,5-6,9-10H,4,7-8H2,1-2H3,(H,16,18). The second-order valence-corrected chi connectivity index (χ2v) is 6.87. The van der Waals surface area contributed by atoms with Gasteiger partial charge in [0.1, 0.15) is 10.1 Å². The van der Waals surface area contributed by atoms with Crippen molar-refractivity contribution in [2.45, 2.75) is 25.0 Å². The molecule has 118 valence electrons. The zero-order chi connectivity index (χ0) is 16.1. The Kier molecular flexibility index (Phi) is 5.79. The van der Waals surface area contributed by atoms with E-state index >= 15 is 0 Å². The molecule has 0 aliphatic carbocycles. The molecule has 1 atom stereocenters. The molecule has 1 aromatic carbocycles. The number of carbonyl (C=O) groups is 2. The van der Waals surface area contributed by atoms with Crippen LogP contribution in [0.15, 0.2) is 24.3 Å². The predicted molar refractivity (Wildman–Crippen MR) is 92.2 cm³/mol. The van der Waals surface area contributed by atoms with Crippen molar-refractivity contribution in [1.29, 1.82) is 0 Å². The number of anilines is 1. The first-order valence-electron chi connectivity index (χ1n) is 6.97. The van der Waals surface area contributed by atoms with Gasteiger partial charge in [0, 0.05) is 24.7 Å². The smallest absolute Gasteiger partial charge is 0.241 e. The Morgan fingerprint density at radius 2 is 2.27 bits per heavy atom. The highest BCUT2D eigenvalue weighted by atomic mass is 32.2. The van der Waals surface area contributed by atoms with Gasteiger partial charge in [0.05, 0.1) is 12.4 Å². The maximum absolute atomic E-state index is 11.9. The Bertz CT molecular complexity index is 592. The largest absolute Gasteiger partial charge is 0.497 e. The van der Waals surface area contributed by atoms with Gasteiger partial charge in [-0.15, -0.1) is 0 Å². The van der Waals surface area contributed by atoms with Crippen molar-refractivity contribution in [3.8, 4) is 5.75 Å². The summed E-state index contributed by atoms with van der Waals surface area (Å²) in [7, 11) is 1.58. The third kappa shape index (κ3) is 4.20. The van der Waals surface area contributed by atoms with Gasteiger partial charge in [0.25, 0.3) is 0 Å². The van der Waals surface area contributed by atoms with E-state index in [4.69, 9.17) is 17.0 Å². The second-order valence-electron chi connectivity index (χ2n) is 4.90. The molecule has 7 heteroatoms. The Hall–Kier alpha value is -1.60. The van der Waals surface area contributed by atoms with Gasteiger partial charge in [0.2, 0.25) is 11.8 Å². The van der Waals surface area contributed by atoms with Crippen LogP contribution in [0.4, 0.5) is 5.69 Å². The zero-order valence-electron chi connectivity index (χ0n) is 12.5. The Balaban J connectivity index is 1.78. The lowest BCUT2D eigenvalue weighted by molar-refractivity contribution is -0.126. The number of nitrogens with one attached hydrogen (secondary N) is 1. The number of nitrogens with zero attached hydrogens (tertiary/aromatic N) is 1. The minimum absolute atomic E-state index is 0.0307. The molecule has 1 aromatic rings. The highest BCUT2D eigenvalue weighted by Crippen LogP contribution is 2.26. The number of thioether (sulfide) groups is 1. The van der Waals surface area contributed by atoms with Crippen molar-refractivity contribution < 1.29 is 14.3 Å². The summed E-state index contributed by atoms with van der Waals surface area (Å²) >= 11 is 6.56. The van der Waals surface area contributed by atoms with Crippen molar-refractivity contribution in [2.75, 3.05) is 19.0 Å². The summed E-state index contributed by atoms with van der Waals surface area (Å²) < 4.78 is 5.71. The van der Waals surface area contributed by atoms with Crippen LogP contribution >= 0.6 is 24.0 Å². The number of carbonyl (C=O) groups excluding carboxylic acids is 2. The molecular weight excluding hydrogens is 320 g/mol. The van der Waals surface area contributed by atoms with Crippen molar-refractivity contribution in [3.63, 3.8) is 0 Å². The highest BCUT2D eigenvalue weighted by molar-refractivity contribution is 8.24. The molecule has 1 aliphatic rings. The fourth-order valence-electron chi connectivity index (χ4n) is 2.10. The summed E-state index contributed by atoms with van der Waals surface area (Å²) in [6.07, 6.45) is 0.914. The first kappa shape index (κ1) is 16.8. The minimum Gasteiger partial charge on any atom is -0.497 e. The van der Waals surface area contributed by atoms with E-state index in [2.05, 4.69) is 5.32 Å². The SMILES string of the molecule is COc1cccc(NC(=O)CCCN2C(=O)C(C)SC2=S)c1. The second kappa shape index (κ2) is 7.60. The molecule has 1 unspecified atom stereocenters. The summed E-state index contributed by atoms with van der Waals surface area (Å²) in [5.74, 6) is 0.631. The van der Waals surface area contributed by atoms with Crippen molar-refractivity contribution >= 4 is 45.8 Å². The maximum atomic E-state index is 11.9. The van der Waals surface area contributed by atoms with Crippen molar-refractivity contribution in [3.05, 3.63) is 24.3 Å². The lowest BCUT2D eigenvalue weighted by Crippen LogP contribution is -2.32. The summed E-state index contributed by atoms with van der Waals surface area (Å²) in [5.41, 5.74) is 0.696. The quantitative estimate of drug-likeness (QED) is 0.808. The summed E-state index contributed by atoms with van der Waals surface area (Å²) in [6.45, 7) is 2.33. The van der Waals surface area contributed by atoms with Gasteiger partial charge in [-0.2, -0.15) is 0 Å². The lowest BCUT2D eigenvalue weighted by atomic mass is 10.2. The van der Waals surface area contributed by atoms with Crippen LogP contribution in [-0.4, -0.2) is 39.9 Å². The Labute approximate surface area is 139 Å². The van der Waals surface area contributed by atoms with Crippen LogP contribution < -0.4 is 10.1 Å². The molecule has 0 saturated carbocycles. The molecule has 2 rings (SSSR count). The molecule has 1 N–H and O–H groups in total. The fraction of sp³-hybridized carbons (Fsp3) is 0.400. The van der Waals surface area contributed by atoms with Crippen LogP contribution in [-0.2, 0) is 9.59 Å². The molecule has 5 nitrogen and oxygen atoms in total. The van der Waals surface area contributed by atoms with Crippen LogP contribution in [0, 0.1) is 0 Å². The average Bonchev–Trinajstić information content (AvgIpc) is 2.73. The van der Waals surface area contributed by atoms with Crippen molar-refractivity contribution in [1.82, 2.24) is 4.90 Å². The van der Waals surface area contributed by atoms with Crippen LogP contribution in [0.3, 0.4) is 0 Å². The van der Waals surface area contributed by atoms with E-state index in [0.717, 1.165) is 0 Å².